The van der Waals surface area contributed by atoms with Gasteiger partial charge in [-0.1, -0.05) is 18.2 Å². The van der Waals surface area contributed by atoms with Crippen molar-refractivity contribution in [2.75, 3.05) is 6.54 Å². The normalized spacial score (nSPS) is 21.0. The molecule has 2 atom stereocenters. The van der Waals surface area contributed by atoms with Crippen LogP contribution >= 0.6 is 0 Å². The number of phenolic OH excluding ortho intramolecular Hbond substituents is 3. The zero-order valence-electron chi connectivity index (χ0n) is 11.4. The van der Waals surface area contributed by atoms with Crippen molar-refractivity contribution < 1.29 is 20.1 Å². The largest absolute Gasteiger partial charge is 0.508 e. The van der Waals surface area contributed by atoms with Crippen molar-refractivity contribution in [3.63, 3.8) is 0 Å². The molecule has 110 valence electrons. The lowest BCUT2D eigenvalue weighted by molar-refractivity contribution is -0.0231. The number of rotatable bonds is 2. The molecular formula is C16H17NO4. The summed E-state index contributed by atoms with van der Waals surface area (Å²) in [6.07, 6.45) is -0.270. The highest BCUT2D eigenvalue weighted by Gasteiger charge is 2.30. The molecule has 3 rings (SSSR count). The van der Waals surface area contributed by atoms with Gasteiger partial charge in [0.05, 0.1) is 12.2 Å². The fourth-order valence-corrected chi connectivity index (χ4v) is 2.76. The van der Waals surface area contributed by atoms with Crippen molar-refractivity contribution in [1.82, 2.24) is 0 Å². The molecule has 5 heteroatoms. The minimum Gasteiger partial charge on any atom is -0.508 e. The predicted octanol–water partition coefficient (Wildman–Crippen LogP) is 2.12. The van der Waals surface area contributed by atoms with Crippen LogP contribution in [0.2, 0.25) is 0 Å². The topological polar surface area (TPSA) is 95.9 Å². The van der Waals surface area contributed by atoms with Crippen LogP contribution in [0.1, 0.15) is 28.9 Å². The Balaban J connectivity index is 2.03. The molecule has 0 spiro atoms. The van der Waals surface area contributed by atoms with Gasteiger partial charge in [-0.15, -0.1) is 0 Å². The Kier molecular flexibility index (Phi) is 3.45. The van der Waals surface area contributed by atoms with E-state index in [4.69, 9.17) is 10.5 Å². The zero-order valence-corrected chi connectivity index (χ0v) is 11.4. The van der Waals surface area contributed by atoms with E-state index in [2.05, 4.69) is 0 Å². The SMILES string of the molecule is NCC1OC(c2cccc(O)c2)Cc2c1ccc(O)c2O. The molecule has 1 aliphatic rings. The maximum Gasteiger partial charge on any atom is 0.161 e. The Labute approximate surface area is 122 Å². The average Bonchev–Trinajstić information content (AvgIpc) is 2.50. The number of nitrogens with two attached hydrogens (primary N) is 1. The van der Waals surface area contributed by atoms with Gasteiger partial charge < -0.3 is 25.8 Å². The fraction of sp³-hybridized carbons (Fsp3) is 0.250. The summed E-state index contributed by atoms with van der Waals surface area (Å²) >= 11 is 0. The number of ether oxygens (including phenoxy) is 1. The lowest BCUT2D eigenvalue weighted by atomic mass is 9.90. The summed E-state index contributed by atoms with van der Waals surface area (Å²) in [5.41, 5.74) is 8.00. The second-order valence-corrected chi connectivity index (χ2v) is 5.15. The van der Waals surface area contributed by atoms with Gasteiger partial charge in [0.2, 0.25) is 0 Å². The van der Waals surface area contributed by atoms with Gasteiger partial charge in [0.1, 0.15) is 5.75 Å². The van der Waals surface area contributed by atoms with E-state index in [1.165, 1.54) is 6.07 Å². The Morgan fingerprint density at radius 2 is 1.95 bits per heavy atom. The zero-order chi connectivity index (χ0) is 15.0. The third kappa shape index (κ3) is 2.41. The van der Waals surface area contributed by atoms with Crippen LogP contribution in [0.3, 0.4) is 0 Å². The number of aromatic hydroxyl groups is 3. The highest BCUT2D eigenvalue weighted by molar-refractivity contribution is 5.51. The molecule has 0 aliphatic carbocycles. The van der Waals surface area contributed by atoms with E-state index in [1.807, 2.05) is 6.07 Å². The highest BCUT2D eigenvalue weighted by atomic mass is 16.5. The van der Waals surface area contributed by atoms with Gasteiger partial charge in [0.15, 0.2) is 11.5 Å². The molecule has 0 bridgehead atoms. The molecular weight excluding hydrogens is 270 g/mol. The van der Waals surface area contributed by atoms with Crippen LogP contribution in [0, 0.1) is 0 Å². The molecule has 1 heterocycles. The molecule has 0 fully saturated rings. The predicted molar refractivity (Wildman–Crippen MR) is 77.2 cm³/mol. The first kappa shape index (κ1) is 13.7. The van der Waals surface area contributed by atoms with E-state index in [0.29, 0.717) is 12.0 Å². The van der Waals surface area contributed by atoms with Crippen molar-refractivity contribution >= 4 is 0 Å². The number of benzene rings is 2. The van der Waals surface area contributed by atoms with Crippen LogP contribution in [-0.4, -0.2) is 21.9 Å². The summed E-state index contributed by atoms with van der Waals surface area (Å²) < 4.78 is 5.97. The summed E-state index contributed by atoms with van der Waals surface area (Å²) in [5.74, 6) is -0.119. The molecule has 0 saturated carbocycles. The van der Waals surface area contributed by atoms with Crippen LogP contribution in [0.5, 0.6) is 17.2 Å². The van der Waals surface area contributed by atoms with Gasteiger partial charge in [-0.05, 0) is 29.3 Å². The monoisotopic (exact) mass is 287 g/mol. The molecule has 21 heavy (non-hydrogen) atoms. The van der Waals surface area contributed by atoms with Gasteiger partial charge in [-0.3, -0.25) is 0 Å². The van der Waals surface area contributed by atoms with Crippen LogP contribution < -0.4 is 5.73 Å². The molecule has 0 radical (unpaired) electrons. The fourth-order valence-electron chi connectivity index (χ4n) is 2.76. The maximum atomic E-state index is 10.1. The van der Waals surface area contributed by atoms with Gasteiger partial charge in [0, 0.05) is 18.5 Å². The van der Waals surface area contributed by atoms with E-state index in [0.717, 1.165) is 11.1 Å². The van der Waals surface area contributed by atoms with Crippen LogP contribution in [0.15, 0.2) is 36.4 Å². The van der Waals surface area contributed by atoms with E-state index in [-0.39, 0.29) is 36.0 Å². The first-order valence-corrected chi connectivity index (χ1v) is 6.78. The standard InChI is InChI=1S/C16H17NO4/c17-8-15-11-4-5-13(19)16(20)12(11)7-14(21-15)9-2-1-3-10(18)6-9/h1-6,14-15,18-20H,7-8,17H2. The summed E-state index contributed by atoms with van der Waals surface area (Å²) in [7, 11) is 0. The Morgan fingerprint density at radius 1 is 1.14 bits per heavy atom. The second kappa shape index (κ2) is 5.27. The van der Waals surface area contributed by atoms with E-state index >= 15 is 0 Å². The smallest absolute Gasteiger partial charge is 0.161 e. The summed E-state index contributed by atoms with van der Waals surface area (Å²) in [4.78, 5) is 0. The molecule has 0 saturated heterocycles. The van der Waals surface area contributed by atoms with Crippen LogP contribution in [0.25, 0.3) is 0 Å². The maximum absolute atomic E-state index is 10.1. The Morgan fingerprint density at radius 3 is 2.67 bits per heavy atom. The third-order valence-electron chi connectivity index (χ3n) is 3.82. The molecule has 1 aliphatic heterocycles. The molecule has 0 aromatic heterocycles. The summed E-state index contributed by atoms with van der Waals surface area (Å²) in [5, 5.41) is 29.3. The third-order valence-corrected chi connectivity index (χ3v) is 3.82. The Bertz CT molecular complexity index is 671. The average molecular weight is 287 g/mol. The van der Waals surface area contributed by atoms with Crippen LogP contribution in [-0.2, 0) is 11.2 Å². The molecule has 2 aromatic rings. The second-order valence-electron chi connectivity index (χ2n) is 5.15. The first-order valence-electron chi connectivity index (χ1n) is 6.78. The number of fused-ring (bicyclic) bond motifs is 1. The molecule has 2 unspecified atom stereocenters. The number of hydrogen-bond donors (Lipinski definition) is 4. The van der Waals surface area contributed by atoms with Crippen molar-refractivity contribution in [3.05, 3.63) is 53.1 Å². The minimum atomic E-state index is -0.354. The summed E-state index contributed by atoms with van der Waals surface area (Å²) in [6.45, 7) is 0.270. The highest BCUT2D eigenvalue weighted by Crippen LogP contribution is 2.43. The lowest BCUT2D eigenvalue weighted by Gasteiger charge is -2.32. The van der Waals surface area contributed by atoms with Crippen molar-refractivity contribution in [2.24, 2.45) is 5.73 Å². The van der Waals surface area contributed by atoms with E-state index in [1.54, 1.807) is 24.3 Å². The van der Waals surface area contributed by atoms with Gasteiger partial charge in [-0.2, -0.15) is 0 Å². The first-order chi connectivity index (χ1) is 10.1. The number of hydrogen-bond acceptors (Lipinski definition) is 5. The number of phenols is 3. The van der Waals surface area contributed by atoms with E-state index < -0.39 is 0 Å². The quantitative estimate of drug-likeness (QED) is 0.634. The molecule has 5 nitrogen and oxygen atoms in total. The lowest BCUT2D eigenvalue weighted by Crippen LogP contribution is -2.25. The minimum absolute atomic E-state index is 0.126. The van der Waals surface area contributed by atoms with Crippen LogP contribution in [0.4, 0.5) is 0 Å². The molecule has 0 amide bonds. The van der Waals surface area contributed by atoms with Gasteiger partial charge in [-0.25, -0.2) is 0 Å². The van der Waals surface area contributed by atoms with Crippen molar-refractivity contribution in [1.29, 1.82) is 0 Å². The molecule has 5 N–H and O–H groups in total. The van der Waals surface area contributed by atoms with E-state index in [9.17, 15) is 15.3 Å². The van der Waals surface area contributed by atoms with Crippen molar-refractivity contribution in [2.45, 2.75) is 18.6 Å². The van der Waals surface area contributed by atoms with Gasteiger partial charge >= 0.3 is 0 Å². The van der Waals surface area contributed by atoms with Gasteiger partial charge in [0.25, 0.3) is 0 Å². The van der Waals surface area contributed by atoms with Crippen molar-refractivity contribution in [3.8, 4) is 17.2 Å². The molecule has 2 aromatic carbocycles. The summed E-state index contributed by atoms with van der Waals surface area (Å²) in [6, 6.07) is 9.97. The Hall–Kier alpha value is -2.24.